The Morgan fingerprint density at radius 2 is 2.00 bits per heavy atom. The lowest BCUT2D eigenvalue weighted by molar-refractivity contribution is -0.141. The summed E-state index contributed by atoms with van der Waals surface area (Å²) in [6, 6.07) is 3.91. The second kappa shape index (κ2) is 11.7. The van der Waals surface area contributed by atoms with Crippen LogP contribution in [0.2, 0.25) is 0 Å². The summed E-state index contributed by atoms with van der Waals surface area (Å²) in [4.78, 5) is 12.6. The molecule has 0 aliphatic heterocycles. The topological polar surface area (TPSA) is 26.3 Å². The number of unbranched alkanes of at least 4 members (excludes halogenated alkanes) is 6. The van der Waals surface area contributed by atoms with Crippen LogP contribution in [-0.4, -0.2) is 12.6 Å². The summed E-state index contributed by atoms with van der Waals surface area (Å²) in [6.07, 6.45) is 13.5. The van der Waals surface area contributed by atoms with E-state index in [0.717, 1.165) is 11.3 Å². The van der Waals surface area contributed by atoms with Crippen LogP contribution in [0.25, 0.3) is 0 Å². The zero-order valence-electron chi connectivity index (χ0n) is 12.5. The summed E-state index contributed by atoms with van der Waals surface area (Å²) in [6.45, 7) is 2.64. The highest BCUT2D eigenvalue weighted by Crippen LogP contribution is 2.10. The summed E-state index contributed by atoms with van der Waals surface area (Å²) in [5, 5.41) is 1.98. The van der Waals surface area contributed by atoms with Crippen molar-refractivity contribution < 1.29 is 9.53 Å². The van der Waals surface area contributed by atoms with Crippen LogP contribution >= 0.6 is 11.3 Å². The molecule has 1 rings (SSSR count). The molecule has 0 amide bonds. The van der Waals surface area contributed by atoms with Crippen LogP contribution in [0.3, 0.4) is 0 Å². The second-order valence-electron chi connectivity index (χ2n) is 4.97. The summed E-state index contributed by atoms with van der Waals surface area (Å²) in [7, 11) is 0. The van der Waals surface area contributed by atoms with Crippen molar-refractivity contribution in [3.8, 4) is 0 Å². The Morgan fingerprint density at radius 1 is 1.20 bits per heavy atom. The highest BCUT2D eigenvalue weighted by molar-refractivity contribution is 7.10. The van der Waals surface area contributed by atoms with E-state index in [1.54, 1.807) is 11.3 Å². The van der Waals surface area contributed by atoms with E-state index in [1.807, 2.05) is 23.6 Å². The monoisotopic (exact) mass is 294 g/mol. The number of hydrogen-bond donors (Lipinski definition) is 0. The lowest BCUT2D eigenvalue weighted by atomic mass is 10.1. The lowest BCUT2D eigenvalue weighted by Crippen LogP contribution is -2.06. The van der Waals surface area contributed by atoms with Gasteiger partial charge in [0.15, 0.2) is 0 Å². The fourth-order valence-corrected chi connectivity index (χ4v) is 2.67. The third kappa shape index (κ3) is 8.92. The molecule has 0 radical (unpaired) electrons. The predicted molar refractivity (Wildman–Crippen MR) is 86.1 cm³/mol. The summed E-state index contributed by atoms with van der Waals surface area (Å²) in [5.74, 6) is -0.142. The van der Waals surface area contributed by atoms with Crippen molar-refractivity contribution in [2.75, 3.05) is 6.61 Å². The minimum atomic E-state index is -0.142. The van der Waals surface area contributed by atoms with Crippen LogP contribution < -0.4 is 0 Å². The molecule has 2 nitrogen and oxygen atoms in total. The van der Waals surface area contributed by atoms with Gasteiger partial charge in [0.2, 0.25) is 0 Å². The van der Waals surface area contributed by atoms with Gasteiger partial charge in [-0.25, -0.2) is 0 Å². The lowest BCUT2D eigenvalue weighted by Gasteiger charge is -2.00. The van der Waals surface area contributed by atoms with E-state index in [-0.39, 0.29) is 5.97 Å². The van der Waals surface area contributed by atoms with Gasteiger partial charge in [-0.05, 0) is 24.3 Å². The van der Waals surface area contributed by atoms with E-state index in [0.29, 0.717) is 13.0 Å². The molecule has 1 aromatic heterocycles. The van der Waals surface area contributed by atoms with Crippen molar-refractivity contribution in [2.24, 2.45) is 0 Å². The Morgan fingerprint density at radius 3 is 2.75 bits per heavy atom. The van der Waals surface area contributed by atoms with Crippen LogP contribution in [0.5, 0.6) is 0 Å². The van der Waals surface area contributed by atoms with Gasteiger partial charge in [0.05, 0.1) is 6.42 Å². The molecule has 0 saturated heterocycles. The van der Waals surface area contributed by atoms with Crippen molar-refractivity contribution in [2.45, 2.75) is 58.3 Å². The molecule has 1 heterocycles. The standard InChI is InChI=1S/C17H26O2S/c1-2-3-4-5-6-7-8-9-10-13-19-17(18)15-16-12-11-14-20-16/h9-12,14H,2-8,13,15H2,1H3/b10-9+. The Bertz CT molecular complexity index is 368. The van der Waals surface area contributed by atoms with Crippen molar-refractivity contribution in [1.29, 1.82) is 0 Å². The number of carbonyl (C=O) groups is 1. The smallest absolute Gasteiger partial charge is 0.311 e. The summed E-state index contributed by atoms with van der Waals surface area (Å²) in [5.41, 5.74) is 0. The summed E-state index contributed by atoms with van der Waals surface area (Å²) < 4.78 is 5.16. The molecule has 0 atom stereocenters. The average Bonchev–Trinajstić information content (AvgIpc) is 2.93. The number of thiophene rings is 1. The number of esters is 1. The van der Waals surface area contributed by atoms with Gasteiger partial charge in [0, 0.05) is 4.88 Å². The Balaban J connectivity index is 1.92. The normalized spacial score (nSPS) is 11.1. The molecule has 0 N–H and O–H groups in total. The highest BCUT2D eigenvalue weighted by Gasteiger charge is 2.03. The van der Waals surface area contributed by atoms with Crippen LogP contribution in [0.4, 0.5) is 0 Å². The Kier molecular flexibility index (Phi) is 9.93. The van der Waals surface area contributed by atoms with Gasteiger partial charge >= 0.3 is 5.97 Å². The molecular weight excluding hydrogens is 268 g/mol. The molecule has 20 heavy (non-hydrogen) atoms. The molecule has 0 aliphatic carbocycles. The molecule has 0 aromatic carbocycles. The van der Waals surface area contributed by atoms with E-state index in [4.69, 9.17) is 4.74 Å². The fraction of sp³-hybridized carbons (Fsp3) is 0.588. The second-order valence-corrected chi connectivity index (χ2v) is 6.00. The first-order valence-corrected chi connectivity index (χ1v) is 8.54. The number of ether oxygens (including phenoxy) is 1. The number of hydrogen-bond acceptors (Lipinski definition) is 3. The van der Waals surface area contributed by atoms with E-state index >= 15 is 0 Å². The number of allylic oxidation sites excluding steroid dienone is 1. The molecule has 1 aromatic rings. The van der Waals surface area contributed by atoms with E-state index in [9.17, 15) is 4.79 Å². The van der Waals surface area contributed by atoms with Crippen LogP contribution in [0.1, 0.15) is 56.7 Å². The minimum absolute atomic E-state index is 0.142. The zero-order chi connectivity index (χ0) is 14.5. The SMILES string of the molecule is CCCCCCCC/C=C/COC(=O)Cc1cccs1. The van der Waals surface area contributed by atoms with Crippen molar-refractivity contribution in [3.05, 3.63) is 34.5 Å². The maximum atomic E-state index is 11.5. The molecular formula is C17H26O2S. The Hall–Kier alpha value is -1.09. The van der Waals surface area contributed by atoms with Gasteiger partial charge in [-0.2, -0.15) is 0 Å². The van der Waals surface area contributed by atoms with Gasteiger partial charge in [-0.3, -0.25) is 4.79 Å². The highest BCUT2D eigenvalue weighted by atomic mass is 32.1. The van der Waals surface area contributed by atoms with Crippen LogP contribution in [0, 0.1) is 0 Å². The molecule has 0 aliphatic rings. The van der Waals surface area contributed by atoms with E-state index in [1.165, 1.54) is 38.5 Å². The third-order valence-corrected chi connectivity index (χ3v) is 4.01. The fourth-order valence-electron chi connectivity index (χ4n) is 1.98. The average molecular weight is 294 g/mol. The molecule has 0 fully saturated rings. The van der Waals surface area contributed by atoms with Crippen molar-refractivity contribution in [1.82, 2.24) is 0 Å². The predicted octanol–water partition coefficient (Wildman–Crippen LogP) is 5.14. The molecule has 3 heteroatoms. The third-order valence-electron chi connectivity index (χ3n) is 3.13. The van der Waals surface area contributed by atoms with Gasteiger partial charge in [-0.15, -0.1) is 11.3 Å². The maximum Gasteiger partial charge on any atom is 0.311 e. The van der Waals surface area contributed by atoms with Crippen LogP contribution in [-0.2, 0) is 16.0 Å². The van der Waals surface area contributed by atoms with E-state index in [2.05, 4.69) is 13.0 Å². The Labute approximate surface area is 126 Å². The largest absolute Gasteiger partial charge is 0.461 e. The molecule has 0 bridgehead atoms. The first-order valence-electron chi connectivity index (χ1n) is 7.66. The molecule has 0 spiro atoms. The molecule has 0 unspecified atom stereocenters. The molecule has 0 saturated carbocycles. The van der Waals surface area contributed by atoms with Gasteiger partial charge < -0.3 is 4.74 Å². The first-order chi connectivity index (χ1) is 9.83. The van der Waals surface area contributed by atoms with Crippen molar-refractivity contribution >= 4 is 17.3 Å². The van der Waals surface area contributed by atoms with Gasteiger partial charge in [0.1, 0.15) is 6.61 Å². The number of rotatable bonds is 11. The van der Waals surface area contributed by atoms with E-state index < -0.39 is 0 Å². The van der Waals surface area contributed by atoms with Crippen molar-refractivity contribution in [3.63, 3.8) is 0 Å². The first kappa shape index (κ1) is 17.0. The zero-order valence-corrected chi connectivity index (χ0v) is 13.3. The quantitative estimate of drug-likeness (QED) is 0.321. The molecule has 112 valence electrons. The van der Waals surface area contributed by atoms with Crippen LogP contribution in [0.15, 0.2) is 29.7 Å². The maximum absolute atomic E-state index is 11.5. The minimum Gasteiger partial charge on any atom is -0.461 e. The summed E-state index contributed by atoms with van der Waals surface area (Å²) >= 11 is 1.59. The van der Waals surface area contributed by atoms with Gasteiger partial charge in [0.25, 0.3) is 0 Å². The number of carbonyl (C=O) groups excluding carboxylic acids is 1. The van der Waals surface area contributed by atoms with Gasteiger partial charge in [-0.1, -0.05) is 57.2 Å².